The van der Waals surface area contributed by atoms with E-state index in [1.165, 1.54) is 0 Å². The van der Waals surface area contributed by atoms with Gasteiger partial charge < -0.3 is 10.6 Å². The van der Waals surface area contributed by atoms with E-state index in [1.54, 1.807) is 18.2 Å². The molecular formula is C17H25ClN4O. The third-order valence-corrected chi connectivity index (χ3v) is 3.84. The van der Waals surface area contributed by atoms with Crippen LogP contribution in [0.4, 0.5) is 5.69 Å². The first-order chi connectivity index (χ1) is 10.8. The maximum Gasteiger partial charge on any atom is 0.238 e. The summed E-state index contributed by atoms with van der Waals surface area (Å²) in [5.74, 6) is -0.133. The lowest BCUT2D eigenvalue weighted by atomic mass is 10.2. The van der Waals surface area contributed by atoms with E-state index in [1.807, 2.05) is 6.07 Å². The molecule has 0 atom stereocenters. The smallest absolute Gasteiger partial charge is 0.238 e. The summed E-state index contributed by atoms with van der Waals surface area (Å²) in [6.45, 7) is 10.6. The molecule has 0 unspecified atom stereocenters. The Morgan fingerprint density at radius 3 is 2.48 bits per heavy atom. The maximum atomic E-state index is 11.9. The van der Waals surface area contributed by atoms with Gasteiger partial charge in [-0.05, 0) is 45.9 Å². The first kappa shape index (κ1) is 19.4. The van der Waals surface area contributed by atoms with Crippen molar-refractivity contribution in [2.45, 2.75) is 39.8 Å². The predicted molar refractivity (Wildman–Crippen MR) is 94.6 cm³/mol. The Balaban J connectivity index is 2.38. The van der Waals surface area contributed by atoms with Crippen molar-refractivity contribution in [2.75, 3.05) is 25.0 Å². The number of hydrogen-bond donors (Lipinski definition) is 2. The number of nitrogens with zero attached hydrogens (tertiary/aromatic N) is 2. The number of hydrogen-bond acceptors (Lipinski definition) is 4. The lowest BCUT2D eigenvalue weighted by molar-refractivity contribution is -0.115. The number of carbonyl (C=O) groups excluding carboxylic acids is 1. The lowest BCUT2D eigenvalue weighted by Gasteiger charge is -2.30. The van der Waals surface area contributed by atoms with E-state index < -0.39 is 0 Å². The van der Waals surface area contributed by atoms with Gasteiger partial charge in [-0.25, -0.2) is 0 Å². The van der Waals surface area contributed by atoms with Gasteiger partial charge in [0.2, 0.25) is 5.91 Å². The molecule has 126 valence electrons. The van der Waals surface area contributed by atoms with Crippen molar-refractivity contribution >= 4 is 23.2 Å². The van der Waals surface area contributed by atoms with Crippen LogP contribution in [0.3, 0.4) is 0 Å². The van der Waals surface area contributed by atoms with E-state index in [9.17, 15) is 4.79 Å². The second-order valence-electron chi connectivity index (χ2n) is 5.96. The molecule has 6 heteroatoms. The molecule has 1 aromatic rings. The fraction of sp³-hybridized carbons (Fsp3) is 0.529. The molecule has 23 heavy (non-hydrogen) atoms. The van der Waals surface area contributed by atoms with Crippen LogP contribution in [-0.4, -0.2) is 42.5 Å². The van der Waals surface area contributed by atoms with Crippen LogP contribution in [-0.2, 0) is 4.79 Å². The number of rotatable bonds is 8. The second-order valence-corrected chi connectivity index (χ2v) is 6.36. The van der Waals surface area contributed by atoms with Gasteiger partial charge in [-0.3, -0.25) is 9.69 Å². The van der Waals surface area contributed by atoms with Crippen LogP contribution < -0.4 is 10.6 Å². The second kappa shape index (κ2) is 9.51. The van der Waals surface area contributed by atoms with Gasteiger partial charge in [0.1, 0.15) is 6.07 Å². The summed E-state index contributed by atoms with van der Waals surface area (Å²) in [6.07, 6.45) is 0. The monoisotopic (exact) mass is 336 g/mol. The van der Waals surface area contributed by atoms with Crippen LogP contribution in [0.1, 0.15) is 33.3 Å². The molecule has 1 aromatic carbocycles. The largest absolute Gasteiger partial charge is 0.325 e. The van der Waals surface area contributed by atoms with E-state index in [0.717, 1.165) is 13.1 Å². The fourth-order valence-corrected chi connectivity index (χ4v) is 2.63. The molecule has 0 spiro atoms. The van der Waals surface area contributed by atoms with Crippen LogP contribution in [0.2, 0.25) is 5.02 Å². The molecule has 0 aliphatic carbocycles. The minimum absolute atomic E-state index is 0.133. The van der Waals surface area contributed by atoms with Crippen molar-refractivity contribution in [3.8, 4) is 6.07 Å². The Hall–Kier alpha value is -1.61. The summed E-state index contributed by atoms with van der Waals surface area (Å²) in [5, 5.41) is 15.1. The molecule has 0 bridgehead atoms. The Kier molecular flexibility index (Phi) is 8.04. The van der Waals surface area contributed by atoms with Gasteiger partial charge in [0.15, 0.2) is 0 Å². The van der Waals surface area contributed by atoms with Crippen molar-refractivity contribution in [1.29, 1.82) is 5.26 Å². The van der Waals surface area contributed by atoms with E-state index >= 15 is 0 Å². The topological polar surface area (TPSA) is 68.2 Å². The van der Waals surface area contributed by atoms with Crippen LogP contribution >= 0.6 is 11.6 Å². The van der Waals surface area contributed by atoms with Gasteiger partial charge >= 0.3 is 0 Å². The third-order valence-electron chi connectivity index (χ3n) is 3.53. The Labute approximate surface area is 143 Å². The zero-order chi connectivity index (χ0) is 17.4. The number of nitriles is 1. The molecule has 0 aliphatic rings. The van der Waals surface area contributed by atoms with Crippen molar-refractivity contribution < 1.29 is 4.79 Å². The molecular weight excluding hydrogens is 312 g/mol. The Morgan fingerprint density at radius 2 is 1.96 bits per heavy atom. The maximum absolute atomic E-state index is 11.9. The van der Waals surface area contributed by atoms with Gasteiger partial charge in [-0.1, -0.05) is 11.6 Å². The number of amides is 1. The van der Waals surface area contributed by atoms with E-state index in [0.29, 0.717) is 28.4 Å². The quantitative estimate of drug-likeness (QED) is 0.716. The summed E-state index contributed by atoms with van der Waals surface area (Å²) in [4.78, 5) is 14.3. The number of anilines is 1. The van der Waals surface area contributed by atoms with Crippen molar-refractivity contribution in [3.05, 3.63) is 28.8 Å². The van der Waals surface area contributed by atoms with Crippen molar-refractivity contribution in [3.63, 3.8) is 0 Å². The molecule has 0 aromatic heterocycles. The standard InChI is InChI=1S/C17H25ClN4O/c1-12(2)22(13(3)4)8-7-20-11-17(23)21-15-6-5-14(10-19)16(18)9-15/h5-6,9,12-13,20H,7-8,11H2,1-4H3,(H,21,23). The SMILES string of the molecule is CC(C)N(CCNCC(=O)Nc1ccc(C#N)c(Cl)c1)C(C)C. The molecule has 0 saturated carbocycles. The minimum Gasteiger partial charge on any atom is -0.325 e. The summed E-state index contributed by atoms with van der Waals surface area (Å²) >= 11 is 5.94. The highest BCUT2D eigenvalue weighted by atomic mass is 35.5. The molecule has 0 aliphatic heterocycles. The lowest BCUT2D eigenvalue weighted by Crippen LogP contribution is -2.42. The first-order valence-corrected chi connectivity index (χ1v) is 8.19. The van der Waals surface area contributed by atoms with Gasteiger partial charge in [-0.15, -0.1) is 0 Å². The predicted octanol–water partition coefficient (Wildman–Crippen LogP) is 2.86. The zero-order valence-electron chi connectivity index (χ0n) is 14.2. The highest BCUT2D eigenvalue weighted by Gasteiger charge is 2.12. The van der Waals surface area contributed by atoms with Gasteiger partial charge in [0.05, 0.1) is 17.1 Å². The summed E-state index contributed by atoms with van der Waals surface area (Å²) in [7, 11) is 0. The average Bonchev–Trinajstić information content (AvgIpc) is 2.46. The molecule has 1 amide bonds. The molecule has 0 saturated heterocycles. The Morgan fingerprint density at radius 1 is 1.30 bits per heavy atom. The van der Waals surface area contributed by atoms with Gasteiger partial charge in [-0.2, -0.15) is 5.26 Å². The number of carbonyl (C=O) groups is 1. The average molecular weight is 337 g/mol. The Bertz CT molecular complexity index is 558. The van der Waals surface area contributed by atoms with Crippen LogP contribution in [0.15, 0.2) is 18.2 Å². The normalized spacial score (nSPS) is 11.1. The molecule has 2 N–H and O–H groups in total. The molecule has 0 heterocycles. The highest BCUT2D eigenvalue weighted by Crippen LogP contribution is 2.19. The van der Waals surface area contributed by atoms with Gasteiger partial charge in [0.25, 0.3) is 0 Å². The third kappa shape index (κ3) is 6.57. The van der Waals surface area contributed by atoms with Crippen LogP contribution in [0, 0.1) is 11.3 Å². The molecule has 5 nitrogen and oxygen atoms in total. The van der Waals surface area contributed by atoms with Crippen molar-refractivity contribution in [1.82, 2.24) is 10.2 Å². The summed E-state index contributed by atoms with van der Waals surface area (Å²) in [5.41, 5.74) is 0.983. The van der Waals surface area contributed by atoms with Crippen LogP contribution in [0.25, 0.3) is 0 Å². The number of benzene rings is 1. The van der Waals surface area contributed by atoms with Crippen molar-refractivity contribution in [2.24, 2.45) is 0 Å². The van der Waals surface area contributed by atoms with E-state index in [-0.39, 0.29) is 12.5 Å². The minimum atomic E-state index is -0.133. The highest BCUT2D eigenvalue weighted by molar-refractivity contribution is 6.32. The molecule has 0 fully saturated rings. The van der Waals surface area contributed by atoms with E-state index in [4.69, 9.17) is 16.9 Å². The summed E-state index contributed by atoms with van der Waals surface area (Å²) < 4.78 is 0. The molecule has 1 rings (SSSR count). The number of nitrogens with one attached hydrogen (secondary N) is 2. The first-order valence-electron chi connectivity index (χ1n) is 7.81. The van der Waals surface area contributed by atoms with E-state index in [2.05, 4.69) is 43.2 Å². The summed E-state index contributed by atoms with van der Waals surface area (Å²) in [6, 6.07) is 7.78. The molecule has 0 radical (unpaired) electrons. The number of halogens is 1. The van der Waals surface area contributed by atoms with Gasteiger partial charge in [0, 0.05) is 30.9 Å². The van der Waals surface area contributed by atoms with Crippen LogP contribution in [0.5, 0.6) is 0 Å². The fourth-order valence-electron chi connectivity index (χ4n) is 2.41. The zero-order valence-corrected chi connectivity index (χ0v) is 14.9.